The Hall–Kier alpha value is -1.06. The van der Waals surface area contributed by atoms with Gasteiger partial charge in [-0.2, -0.15) is 0 Å². The van der Waals surface area contributed by atoms with Gasteiger partial charge in [-0.25, -0.2) is 0 Å². The van der Waals surface area contributed by atoms with Crippen LogP contribution in [0.15, 0.2) is 0 Å². The standard InChI is InChI=1S/C25H50N2O2/c1-5-7-9-11-13-14-16-18-20-24(19-17-15-12-10-8-6-2)21-26-25(29)22(3)27-23(4)28/h22,24H,5-21H2,1-4H3,(H,26,29)(H,27,28)/t22-,24?/m0/s1. The summed E-state index contributed by atoms with van der Waals surface area (Å²) < 4.78 is 0. The topological polar surface area (TPSA) is 58.2 Å². The molecule has 0 aliphatic carbocycles. The van der Waals surface area contributed by atoms with Gasteiger partial charge in [0.05, 0.1) is 0 Å². The quantitative estimate of drug-likeness (QED) is 0.224. The average molecular weight is 411 g/mol. The lowest BCUT2D eigenvalue weighted by Crippen LogP contribution is -2.45. The van der Waals surface area contributed by atoms with Crippen molar-refractivity contribution in [3.63, 3.8) is 0 Å². The Balaban J connectivity index is 4.14. The van der Waals surface area contributed by atoms with Gasteiger partial charge in [0.2, 0.25) is 11.8 Å². The van der Waals surface area contributed by atoms with Gasteiger partial charge in [-0.05, 0) is 25.7 Å². The van der Waals surface area contributed by atoms with Crippen molar-refractivity contribution >= 4 is 11.8 Å². The first-order valence-corrected chi connectivity index (χ1v) is 12.6. The highest BCUT2D eigenvalue weighted by atomic mass is 16.2. The maximum atomic E-state index is 12.2. The van der Waals surface area contributed by atoms with Crippen LogP contribution in [-0.4, -0.2) is 24.4 Å². The van der Waals surface area contributed by atoms with Gasteiger partial charge < -0.3 is 10.6 Å². The molecule has 0 aliphatic rings. The van der Waals surface area contributed by atoms with Crippen LogP contribution in [-0.2, 0) is 9.59 Å². The van der Waals surface area contributed by atoms with Crippen molar-refractivity contribution < 1.29 is 9.59 Å². The molecule has 0 bridgehead atoms. The van der Waals surface area contributed by atoms with E-state index in [-0.39, 0.29) is 11.8 Å². The SMILES string of the molecule is CCCCCCCCCCC(CCCCCCCC)CNC(=O)[C@H](C)NC(C)=O. The van der Waals surface area contributed by atoms with E-state index >= 15 is 0 Å². The van der Waals surface area contributed by atoms with Crippen molar-refractivity contribution in [1.29, 1.82) is 0 Å². The molecular weight excluding hydrogens is 360 g/mol. The fraction of sp³-hybridized carbons (Fsp3) is 0.920. The van der Waals surface area contributed by atoms with E-state index in [1.54, 1.807) is 6.92 Å². The monoisotopic (exact) mass is 410 g/mol. The molecule has 0 fully saturated rings. The van der Waals surface area contributed by atoms with E-state index in [0.29, 0.717) is 5.92 Å². The predicted octanol–water partition coefficient (Wildman–Crippen LogP) is 6.52. The summed E-state index contributed by atoms with van der Waals surface area (Å²) in [5, 5.41) is 5.74. The highest BCUT2D eigenvalue weighted by Gasteiger charge is 2.16. The first kappa shape index (κ1) is 27.9. The molecule has 172 valence electrons. The van der Waals surface area contributed by atoms with Crippen LogP contribution in [0.2, 0.25) is 0 Å². The lowest BCUT2D eigenvalue weighted by atomic mass is 9.94. The minimum Gasteiger partial charge on any atom is -0.354 e. The molecule has 0 radical (unpaired) electrons. The molecule has 4 nitrogen and oxygen atoms in total. The van der Waals surface area contributed by atoms with Gasteiger partial charge in [-0.15, -0.1) is 0 Å². The Labute approximate surface area is 181 Å². The summed E-state index contributed by atoms with van der Waals surface area (Å²) in [4.78, 5) is 23.3. The predicted molar refractivity (Wildman–Crippen MR) is 125 cm³/mol. The van der Waals surface area contributed by atoms with Crippen LogP contribution in [0.25, 0.3) is 0 Å². The van der Waals surface area contributed by atoms with Gasteiger partial charge in [-0.1, -0.05) is 104 Å². The van der Waals surface area contributed by atoms with E-state index in [2.05, 4.69) is 24.5 Å². The van der Waals surface area contributed by atoms with Crippen LogP contribution in [0, 0.1) is 5.92 Å². The fourth-order valence-corrected chi connectivity index (χ4v) is 3.90. The molecule has 0 rings (SSSR count). The van der Waals surface area contributed by atoms with Crippen LogP contribution >= 0.6 is 0 Å². The molecule has 0 aromatic carbocycles. The number of carbonyl (C=O) groups excluding carboxylic acids is 2. The number of nitrogens with one attached hydrogen (secondary N) is 2. The number of carbonyl (C=O) groups is 2. The van der Waals surface area contributed by atoms with Crippen molar-refractivity contribution in [1.82, 2.24) is 10.6 Å². The van der Waals surface area contributed by atoms with Crippen molar-refractivity contribution in [3.8, 4) is 0 Å². The Kier molecular flexibility index (Phi) is 19.5. The number of hydrogen-bond acceptors (Lipinski definition) is 2. The summed E-state index contributed by atoms with van der Waals surface area (Å²) in [7, 11) is 0. The second-order valence-corrected chi connectivity index (χ2v) is 8.85. The maximum absolute atomic E-state index is 12.2. The van der Waals surface area contributed by atoms with Crippen LogP contribution < -0.4 is 10.6 Å². The molecule has 4 heteroatoms. The van der Waals surface area contributed by atoms with Crippen LogP contribution in [0.3, 0.4) is 0 Å². The van der Waals surface area contributed by atoms with Crippen molar-refractivity contribution in [2.45, 2.75) is 136 Å². The third kappa shape index (κ3) is 18.7. The van der Waals surface area contributed by atoms with E-state index in [1.807, 2.05) is 0 Å². The van der Waals surface area contributed by atoms with Crippen LogP contribution in [0.5, 0.6) is 0 Å². The van der Waals surface area contributed by atoms with Gasteiger partial charge in [0.1, 0.15) is 6.04 Å². The molecule has 2 amide bonds. The fourth-order valence-electron chi connectivity index (χ4n) is 3.90. The lowest BCUT2D eigenvalue weighted by Gasteiger charge is -2.20. The highest BCUT2D eigenvalue weighted by molar-refractivity contribution is 5.86. The van der Waals surface area contributed by atoms with Gasteiger partial charge in [-0.3, -0.25) is 9.59 Å². The molecule has 29 heavy (non-hydrogen) atoms. The minimum absolute atomic E-state index is 0.0657. The number of amides is 2. The first-order valence-electron chi connectivity index (χ1n) is 12.6. The zero-order chi connectivity index (χ0) is 21.7. The first-order chi connectivity index (χ1) is 14.0. The second kappa shape index (κ2) is 20.2. The van der Waals surface area contributed by atoms with Gasteiger partial charge in [0, 0.05) is 13.5 Å². The number of unbranched alkanes of at least 4 members (excludes halogenated alkanes) is 12. The summed E-state index contributed by atoms with van der Waals surface area (Å²) >= 11 is 0. The Morgan fingerprint density at radius 1 is 0.690 bits per heavy atom. The molecule has 0 aliphatic heterocycles. The Morgan fingerprint density at radius 3 is 1.52 bits per heavy atom. The molecule has 2 atom stereocenters. The number of rotatable bonds is 20. The summed E-state index contributed by atoms with van der Waals surface area (Å²) in [5.74, 6) is 0.342. The Morgan fingerprint density at radius 2 is 1.10 bits per heavy atom. The summed E-state index contributed by atoms with van der Waals surface area (Å²) in [6.07, 6.45) is 21.1. The number of hydrogen-bond donors (Lipinski definition) is 2. The molecule has 0 saturated heterocycles. The van der Waals surface area contributed by atoms with E-state index < -0.39 is 6.04 Å². The highest BCUT2D eigenvalue weighted by Crippen LogP contribution is 2.19. The van der Waals surface area contributed by atoms with E-state index in [9.17, 15) is 9.59 Å². The zero-order valence-corrected chi connectivity index (χ0v) is 20.0. The molecule has 1 unspecified atom stereocenters. The van der Waals surface area contributed by atoms with Crippen molar-refractivity contribution in [2.75, 3.05) is 6.54 Å². The average Bonchev–Trinajstić information content (AvgIpc) is 2.69. The molecule has 0 heterocycles. The van der Waals surface area contributed by atoms with E-state index in [0.717, 1.165) is 6.54 Å². The largest absolute Gasteiger partial charge is 0.354 e. The summed E-state index contributed by atoms with van der Waals surface area (Å²) in [6.45, 7) is 8.46. The van der Waals surface area contributed by atoms with E-state index in [4.69, 9.17) is 0 Å². The maximum Gasteiger partial charge on any atom is 0.242 e. The summed E-state index contributed by atoms with van der Waals surface area (Å²) in [5.41, 5.74) is 0. The third-order valence-corrected chi connectivity index (χ3v) is 5.81. The van der Waals surface area contributed by atoms with Crippen molar-refractivity contribution in [3.05, 3.63) is 0 Å². The molecule has 0 spiro atoms. The van der Waals surface area contributed by atoms with Gasteiger partial charge in [0.25, 0.3) is 0 Å². The molecular formula is C25H50N2O2. The van der Waals surface area contributed by atoms with Gasteiger partial charge in [0.15, 0.2) is 0 Å². The molecule has 0 aromatic rings. The molecule has 2 N–H and O–H groups in total. The molecule has 0 aromatic heterocycles. The van der Waals surface area contributed by atoms with Gasteiger partial charge >= 0.3 is 0 Å². The lowest BCUT2D eigenvalue weighted by molar-refractivity contribution is -0.127. The minimum atomic E-state index is -0.453. The second-order valence-electron chi connectivity index (χ2n) is 8.85. The van der Waals surface area contributed by atoms with E-state index in [1.165, 1.54) is 110 Å². The van der Waals surface area contributed by atoms with Crippen molar-refractivity contribution in [2.24, 2.45) is 5.92 Å². The Bertz CT molecular complexity index is 398. The molecule has 0 saturated carbocycles. The smallest absolute Gasteiger partial charge is 0.242 e. The third-order valence-electron chi connectivity index (χ3n) is 5.81. The van der Waals surface area contributed by atoms with Crippen LogP contribution in [0.4, 0.5) is 0 Å². The van der Waals surface area contributed by atoms with Crippen LogP contribution in [0.1, 0.15) is 130 Å². The zero-order valence-electron chi connectivity index (χ0n) is 20.0. The summed E-state index contributed by atoms with van der Waals surface area (Å²) in [6, 6.07) is -0.453. The normalized spacial score (nSPS) is 13.1.